The fourth-order valence-electron chi connectivity index (χ4n) is 5.48. The van der Waals surface area contributed by atoms with Crippen LogP contribution in [0.1, 0.15) is 82.6 Å². The van der Waals surface area contributed by atoms with E-state index in [1.807, 2.05) is 6.92 Å². The first-order valence-corrected chi connectivity index (χ1v) is 18.4. The fourth-order valence-corrected chi connectivity index (χ4v) is 6.21. The molecule has 0 bridgehead atoms. The molecule has 17 heteroatoms. The summed E-state index contributed by atoms with van der Waals surface area (Å²) in [6.45, 7) is 6.79. The van der Waals surface area contributed by atoms with Crippen LogP contribution in [-0.2, 0) is 59.9 Å². The number of carbonyl (C=O) groups is 5. The summed E-state index contributed by atoms with van der Waals surface area (Å²) in [5.41, 5.74) is 0.571. The lowest BCUT2D eigenvalue weighted by atomic mass is 9.80. The van der Waals surface area contributed by atoms with E-state index in [1.54, 1.807) is 0 Å². The van der Waals surface area contributed by atoms with Gasteiger partial charge in [0.25, 0.3) is 0 Å². The average molecular weight is 767 g/mol. The van der Waals surface area contributed by atoms with Crippen LogP contribution in [0, 0.1) is 5.92 Å². The predicted octanol–water partition coefficient (Wildman–Crippen LogP) is 3.79. The summed E-state index contributed by atoms with van der Waals surface area (Å²) in [6.07, 6.45) is -3.23. The van der Waals surface area contributed by atoms with Crippen LogP contribution in [0.4, 0.5) is 0 Å². The Kier molecular flexibility index (Phi) is 16.5. The van der Waals surface area contributed by atoms with Gasteiger partial charge < -0.3 is 41.9 Å². The second-order valence-electron chi connectivity index (χ2n) is 12.2. The standard InChI is InChI=1S/C36H46O16S/c1-6-7-16-45-17-8-9-30(42)27-12-15-31(32(18-27)52-53(43,44)51-29-13-10-26(20-37)11-14-29)50-33-19-28(21-46-22(2)38)34(47-23(3)39)36(49-25(5)41)35(33)48-24(4)40/h10-15,18,28,33-37H,6-9,16-17,19-21H2,1-5H3/t28-,33?,34+,35+,36+/m1/s1. The lowest BCUT2D eigenvalue weighted by Crippen LogP contribution is -2.60. The second kappa shape index (κ2) is 20.5. The highest BCUT2D eigenvalue weighted by Crippen LogP contribution is 2.38. The van der Waals surface area contributed by atoms with Gasteiger partial charge in [-0.05, 0) is 55.2 Å². The SMILES string of the molecule is CCCCOCCCC(=O)c1ccc(OC2C[C@H](COC(C)=O)[C@H](OC(C)=O)[C@H](OC(C)=O)[C@H]2OC(C)=O)c(OS(=O)(=O)Oc2ccc(CO)cc2)c1. The van der Waals surface area contributed by atoms with E-state index in [9.17, 15) is 37.5 Å². The topological polar surface area (TPSA) is 214 Å². The molecule has 1 aliphatic carbocycles. The van der Waals surface area contributed by atoms with Crippen molar-refractivity contribution in [2.75, 3.05) is 19.8 Å². The number of rotatable bonds is 20. The summed E-state index contributed by atoms with van der Waals surface area (Å²) >= 11 is 0. The molecule has 0 aromatic heterocycles. The third-order valence-electron chi connectivity index (χ3n) is 7.80. The first kappa shape index (κ1) is 42.7. The van der Waals surface area contributed by atoms with E-state index in [-0.39, 0.29) is 48.9 Å². The highest BCUT2D eigenvalue weighted by atomic mass is 32.3. The summed E-state index contributed by atoms with van der Waals surface area (Å²) in [5.74, 6) is -5.17. The van der Waals surface area contributed by atoms with Gasteiger partial charge in [0.2, 0.25) is 0 Å². The minimum atomic E-state index is -4.90. The molecule has 1 saturated carbocycles. The third kappa shape index (κ3) is 14.0. The maximum Gasteiger partial charge on any atom is 0.501 e. The van der Waals surface area contributed by atoms with Crippen molar-refractivity contribution in [2.24, 2.45) is 5.92 Å². The van der Waals surface area contributed by atoms with Gasteiger partial charge in [-0.15, -0.1) is 8.42 Å². The summed E-state index contributed by atoms with van der Waals surface area (Å²) in [6, 6.07) is 9.30. The van der Waals surface area contributed by atoms with E-state index in [2.05, 4.69) is 0 Å². The second-order valence-corrected chi connectivity index (χ2v) is 13.4. The zero-order valence-corrected chi connectivity index (χ0v) is 31.1. The van der Waals surface area contributed by atoms with Gasteiger partial charge in [0, 0.05) is 58.8 Å². The van der Waals surface area contributed by atoms with E-state index in [1.165, 1.54) is 36.4 Å². The highest BCUT2D eigenvalue weighted by molar-refractivity contribution is 7.82. The van der Waals surface area contributed by atoms with Crippen LogP contribution in [0.25, 0.3) is 0 Å². The molecule has 1 N–H and O–H groups in total. The van der Waals surface area contributed by atoms with Crippen molar-refractivity contribution in [2.45, 2.75) is 97.7 Å². The quantitative estimate of drug-likeness (QED) is 0.0879. The van der Waals surface area contributed by atoms with Crippen molar-refractivity contribution in [3.8, 4) is 17.2 Å². The number of carbonyl (C=O) groups excluding carboxylic acids is 5. The molecule has 0 saturated heterocycles. The van der Waals surface area contributed by atoms with Crippen molar-refractivity contribution in [1.82, 2.24) is 0 Å². The van der Waals surface area contributed by atoms with Crippen LogP contribution < -0.4 is 13.1 Å². The molecule has 0 radical (unpaired) electrons. The number of aliphatic hydroxyl groups is 1. The number of benzene rings is 2. The summed E-state index contributed by atoms with van der Waals surface area (Å²) < 4.78 is 70.4. The Bertz CT molecular complexity index is 1670. The molecule has 0 amide bonds. The molecular formula is C36H46O16S. The number of aliphatic hydroxyl groups excluding tert-OH is 1. The molecule has 0 spiro atoms. The molecule has 2 aromatic carbocycles. The Balaban J connectivity index is 2.04. The van der Waals surface area contributed by atoms with Crippen LogP contribution in [0.3, 0.4) is 0 Å². The predicted molar refractivity (Wildman–Crippen MR) is 184 cm³/mol. The molecule has 0 heterocycles. The number of hydrogen-bond acceptors (Lipinski definition) is 16. The Morgan fingerprint density at radius 2 is 1.38 bits per heavy atom. The van der Waals surface area contributed by atoms with Crippen LogP contribution in [0.5, 0.6) is 17.2 Å². The van der Waals surface area contributed by atoms with Crippen LogP contribution >= 0.6 is 0 Å². The molecule has 292 valence electrons. The van der Waals surface area contributed by atoms with Crippen molar-refractivity contribution in [3.05, 3.63) is 53.6 Å². The van der Waals surface area contributed by atoms with Crippen molar-refractivity contribution >= 4 is 40.1 Å². The zero-order chi connectivity index (χ0) is 39.1. The summed E-state index contributed by atoms with van der Waals surface area (Å²) in [5, 5.41) is 9.32. The zero-order valence-electron chi connectivity index (χ0n) is 30.3. The fraction of sp³-hybridized carbons (Fsp3) is 0.528. The largest absolute Gasteiger partial charge is 0.501 e. The van der Waals surface area contributed by atoms with E-state index in [0.717, 1.165) is 46.6 Å². The smallest absolute Gasteiger partial charge is 0.482 e. The molecular weight excluding hydrogens is 720 g/mol. The summed E-state index contributed by atoms with van der Waals surface area (Å²) in [4.78, 5) is 61.7. The maximum atomic E-state index is 13.2. The molecule has 16 nitrogen and oxygen atoms in total. The Morgan fingerprint density at radius 1 is 0.755 bits per heavy atom. The van der Waals surface area contributed by atoms with Gasteiger partial charge in [-0.1, -0.05) is 25.5 Å². The van der Waals surface area contributed by atoms with E-state index >= 15 is 0 Å². The number of ether oxygens (including phenoxy) is 6. The number of hydrogen-bond donors (Lipinski definition) is 1. The maximum absolute atomic E-state index is 13.2. The first-order chi connectivity index (χ1) is 25.1. The van der Waals surface area contributed by atoms with Gasteiger partial charge in [-0.25, -0.2) is 0 Å². The number of unbranched alkanes of at least 4 members (excludes halogenated alkanes) is 1. The molecule has 1 fully saturated rings. The lowest BCUT2D eigenvalue weighted by Gasteiger charge is -2.44. The minimum Gasteiger partial charge on any atom is -0.482 e. The molecule has 5 atom stereocenters. The van der Waals surface area contributed by atoms with Crippen LogP contribution in [-0.4, -0.2) is 87.4 Å². The van der Waals surface area contributed by atoms with Crippen LogP contribution in [0.2, 0.25) is 0 Å². The van der Waals surface area contributed by atoms with Gasteiger partial charge >= 0.3 is 34.3 Å². The van der Waals surface area contributed by atoms with Crippen LogP contribution in [0.15, 0.2) is 42.5 Å². The molecule has 1 unspecified atom stereocenters. The Labute approximate surface area is 308 Å². The molecule has 53 heavy (non-hydrogen) atoms. The van der Waals surface area contributed by atoms with E-state index < -0.39 is 70.4 Å². The molecule has 2 aromatic rings. The van der Waals surface area contributed by atoms with E-state index in [0.29, 0.717) is 25.2 Å². The molecule has 1 aliphatic rings. The lowest BCUT2D eigenvalue weighted by molar-refractivity contribution is -0.213. The minimum absolute atomic E-state index is 0.0722. The Hall–Kier alpha value is -4.74. The van der Waals surface area contributed by atoms with E-state index in [4.69, 9.17) is 36.8 Å². The number of esters is 4. The van der Waals surface area contributed by atoms with Gasteiger partial charge in [0.1, 0.15) is 18.0 Å². The highest BCUT2D eigenvalue weighted by Gasteiger charge is 2.52. The average Bonchev–Trinajstić information content (AvgIpc) is 3.08. The Morgan fingerprint density at radius 3 is 1.98 bits per heavy atom. The summed E-state index contributed by atoms with van der Waals surface area (Å²) in [7, 11) is -4.90. The first-order valence-electron chi connectivity index (χ1n) is 17.0. The van der Waals surface area contributed by atoms with Gasteiger partial charge in [-0.3, -0.25) is 24.0 Å². The van der Waals surface area contributed by atoms with Gasteiger partial charge in [-0.2, -0.15) is 0 Å². The monoisotopic (exact) mass is 766 g/mol. The van der Waals surface area contributed by atoms with Crippen molar-refractivity contribution in [3.63, 3.8) is 0 Å². The normalized spacial score (nSPS) is 19.7. The van der Waals surface area contributed by atoms with Gasteiger partial charge in [0.05, 0.1) is 13.2 Å². The molecule has 3 rings (SSSR count). The molecule has 0 aliphatic heterocycles. The number of Topliss-reactive ketones (excluding diaryl/α,β-unsaturated/α-hetero) is 1. The van der Waals surface area contributed by atoms with Crippen molar-refractivity contribution in [1.29, 1.82) is 0 Å². The van der Waals surface area contributed by atoms with Gasteiger partial charge in [0.15, 0.2) is 29.5 Å². The number of ketones is 1. The third-order valence-corrected chi connectivity index (χ3v) is 8.58. The van der Waals surface area contributed by atoms with Crippen molar-refractivity contribution < 1.29 is 74.3 Å².